The van der Waals surface area contributed by atoms with Crippen LogP contribution in [0.25, 0.3) is 0 Å². The summed E-state index contributed by atoms with van der Waals surface area (Å²) in [7, 11) is 0. The molecule has 0 bridgehead atoms. The maximum atomic E-state index is 11.8. The number of carbonyl (C=O) groups is 2. The van der Waals surface area contributed by atoms with Gasteiger partial charge in [0.2, 0.25) is 0 Å². The molecule has 0 spiro atoms. The monoisotopic (exact) mass is 230 g/mol. The van der Waals surface area contributed by atoms with E-state index in [1.807, 2.05) is 27.7 Å². The Bertz CT molecular complexity index is 258. The van der Waals surface area contributed by atoms with Gasteiger partial charge in [0.05, 0.1) is 6.42 Å². The first-order valence-corrected chi connectivity index (χ1v) is 5.48. The average Bonchev–Trinajstić information content (AvgIpc) is 1.99. The van der Waals surface area contributed by atoms with Gasteiger partial charge in [0.25, 0.3) is 0 Å². The zero-order chi connectivity index (χ0) is 12.9. The van der Waals surface area contributed by atoms with Crippen molar-refractivity contribution in [3.8, 4) is 0 Å². The molecular weight excluding hydrogens is 208 g/mol. The number of carboxylic acids is 1. The molecule has 0 saturated heterocycles. The van der Waals surface area contributed by atoms with Crippen LogP contribution < -0.4 is 5.32 Å². The summed E-state index contributed by atoms with van der Waals surface area (Å²) in [5, 5.41) is 11.5. The van der Waals surface area contributed by atoms with Crippen molar-refractivity contribution in [3.05, 3.63) is 0 Å². The normalized spacial score (nSPS) is 13.1. The van der Waals surface area contributed by atoms with Crippen LogP contribution in [0.3, 0.4) is 0 Å². The number of hydrogen-bond acceptors (Lipinski definition) is 2. The van der Waals surface area contributed by atoms with Crippen molar-refractivity contribution in [2.75, 3.05) is 6.54 Å². The summed E-state index contributed by atoms with van der Waals surface area (Å²) in [6.07, 6.45) is -0.0363. The van der Waals surface area contributed by atoms with Crippen LogP contribution in [-0.2, 0) is 4.79 Å². The Morgan fingerprint density at radius 1 is 1.38 bits per heavy atom. The molecule has 5 nitrogen and oxygen atoms in total. The molecule has 0 aliphatic rings. The van der Waals surface area contributed by atoms with E-state index in [0.29, 0.717) is 6.54 Å². The molecule has 0 fully saturated rings. The lowest BCUT2D eigenvalue weighted by molar-refractivity contribution is -0.138. The van der Waals surface area contributed by atoms with Crippen molar-refractivity contribution in [1.82, 2.24) is 10.2 Å². The number of aliphatic carboxylic acids is 1. The molecule has 16 heavy (non-hydrogen) atoms. The Morgan fingerprint density at radius 2 is 1.88 bits per heavy atom. The first kappa shape index (κ1) is 14.7. The van der Waals surface area contributed by atoms with Gasteiger partial charge in [0, 0.05) is 18.1 Å². The summed E-state index contributed by atoms with van der Waals surface area (Å²) < 4.78 is 0. The van der Waals surface area contributed by atoms with Gasteiger partial charge >= 0.3 is 12.0 Å². The Labute approximate surface area is 96.8 Å². The predicted molar refractivity (Wildman–Crippen MR) is 62.4 cm³/mol. The molecule has 0 heterocycles. The van der Waals surface area contributed by atoms with Crippen LogP contribution in [0.2, 0.25) is 0 Å². The zero-order valence-electron chi connectivity index (χ0n) is 10.7. The number of carbonyl (C=O) groups excluding carboxylic acids is 1. The summed E-state index contributed by atoms with van der Waals surface area (Å²) in [5.41, 5.74) is -0.312. The third kappa shape index (κ3) is 5.58. The van der Waals surface area contributed by atoms with E-state index in [1.54, 1.807) is 6.92 Å². The standard InChI is InChI=1S/C11H22N2O3/c1-6-13(8(2)7-9(14)15)10(16)12-11(3,4)5/h8H,6-7H2,1-5H3,(H,12,16)(H,14,15). The van der Waals surface area contributed by atoms with Crippen molar-refractivity contribution in [2.24, 2.45) is 0 Å². The highest BCUT2D eigenvalue weighted by Gasteiger charge is 2.23. The Hall–Kier alpha value is -1.26. The highest BCUT2D eigenvalue weighted by atomic mass is 16.4. The second-order valence-corrected chi connectivity index (χ2v) is 4.91. The summed E-state index contributed by atoms with van der Waals surface area (Å²) in [6.45, 7) is 9.73. The molecule has 0 aromatic carbocycles. The molecule has 0 rings (SSSR count). The Balaban J connectivity index is 4.48. The third-order valence-electron chi connectivity index (χ3n) is 2.09. The van der Waals surface area contributed by atoms with Gasteiger partial charge in [-0.15, -0.1) is 0 Å². The zero-order valence-corrected chi connectivity index (χ0v) is 10.7. The minimum atomic E-state index is -0.894. The fraction of sp³-hybridized carbons (Fsp3) is 0.818. The van der Waals surface area contributed by atoms with E-state index >= 15 is 0 Å². The number of nitrogens with one attached hydrogen (secondary N) is 1. The molecule has 94 valence electrons. The maximum Gasteiger partial charge on any atom is 0.318 e. The number of amides is 2. The highest BCUT2D eigenvalue weighted by Crippen LogP contribution is 2.07. The lowest BCUT2D eigenvalue weighted by atomic mass is 10.1. The Morgan fingerprint density at radius 3 is 2.19 bits per heavy atom. The molecule has 0 radical (unpaired) electrons. The van der Waals surface area contributed by atoms with Crippen molar-refractivity contribution >= 4 is 12.0 Å². The molecule has 2 amide bonds. The van der Waals surface area contributed by atoms with Crippen LogP contribution >= 0.6 is 0 Å². The van der Waals surface area contributed by atoms with Crippen molar-refractivity contribution in [3.63, 3.8) is 0 Å². The van der Waals surface area contributed by atoms with E-state index in [4.69, 9.17) is 5.11 Å². The summed E-state index contributed by atoms with van der Waals surface area (Å²) in [6, 6.07) is -0.520. The van der Waals surface area contributed by atoms with Crippen LogP contribution in [0.4, 0.5) is 4.79 Å². The van der Waals surface area contributed by atoms with Crippen LogP contribution in [0.1, 0.15) is 41.0 Å². The molecule has 0 aliphatic heterocycles. The largest absolute Gasteiger partial charge is 0.481 e. The fourth-order valence-corrected chi connectivity index (χ4v) is 1.41. The van der Waals surface area contributed by atoms with Crippen LogP contribution in [0.15, 0.2) is 0 Å². The second-order valence-electron chi connectivity index (χ2n) is 4.91. The molecular formula is C11H22N2O3. The summed E-state index contributed by atoms with van der Waals surface area (Å²) >= 11 is 0. The first-order chi connectivity index (χ1) is 7.17. The fourth-order valence-electron chi connectivity index (χ4n) is 1.41. The smallest absolute Gasteiger partial charge is 0.318 e. The van der Waals surface area contributed by atoms with E-state index in [1.165, 1.54) is 4.90 Å². The van der Waals surface area contributed by atoms with Crippen LogP contribution in [-0.4, -0.2) is 40.1 Å². The van der Waals surface area contributed by atoms with Crippen molar-refractivity contribution in [1.29, 1.82) is 0 Å². The van der Waals surface area contributed by atoms with Crippen LogP contribution in [0.5, 0.6) is 0 Å². The van der Waals surface area contributed by atoms with Crippen LogP contribution in [0, 0.1) is 0 Å². The van der Waals surface area contributed by atoms with Gasteiger partial charge in [-0.05, 0) is 34.6 Å². The number of urea groups is 1. The van der Waals surface area contributed by atoms with E-state index in [9.17, 15) is 9.59 Å². The van der Waals surface area contributed by atoms with Crippen molar-refractivity contribution < 1.29 is 14.7 Å². The molecule has 1 atom stereocenters. The van der Waals surface area contributed by atoms with E-state index < -0.39 is 5.97 Å². The van der Waals surface area contributed by atoms with Crippen molar-refractivity contribution in [2.45, 2.75) is 52.6 Å². The molecule has 0 aliphatic carbocycles. The quantitative estimate of drug-likeness (QED) is 0.772. The molecule has 0 aromatic rings. The summed E-state index contributed by atoms with van der Waals surface area (Å²) in [5.74, 6) is -0.894. The first-order valence-electron chi connectivity index (χ1n) is 5.48. The second kappa shape index (κ2) is 5.72. The third-order valence-corrected chi connectivity index (χ3v) is 2.09. The number of nitrogens with zero attached hydrogens (tertiary/aromatic N) is 1. The maximum absolute atomic E-state index is 11.8. The van der Waals surface area contributed by atoms with Gasteiger partial charge in [-0.1, -0.05) is 0 Å². The van der Waals surface area contributed by atoms with E-state index in [2.05, 4.69) is 5.32 Å². The van der Waals surface area contributed by atoms with Gasteiger partial charge < -0.3 is 15.3 Å². The number of rotatable bonds is 4. The minimum absolute atomic E-state index is 0.0363. The van der Waals surface area contributed by atoms with Gasteiger partial charge in [-0.3, -0.25) is 4.79 Å². The minimum Gasteiger partial charge on any atom is -0.481 e. The lowest BCUT2D eigenvalue weighted by Gasteiger charge is -2.31. The van der Waals surface area contributed by atoms with E-state index in [0.717, 1.165) is 0 Å². The Kier molecular flexibility index (Phi) is 5.27. The number of hydrogen-bond donors (Lipinski definition) is 2. The molecule has 0 aromatic heterocycles. The predicted octanol–water partition coefficient (Wildman–Crippen LogP) is 1.68. The van der Waals surface area contributed by atoms with Gasteiger partial charge in [0.15, 0.2) is 0 Å². The topological polar surface area (TPSA) is 69.6 Å². The van der Waals surface area contributed by atoms with Gasteiger partial charge in [0.1, 0.15) is 0 Å². The average molecular weight is 230 g/mol. The van der Waals surface area contributed by atoms with E-state index in [-0.39, 0.29) is 24.0 Å². The van der Waals surface area contributed by atoms with Gasteiger partial charge in [-0.2, -0.15) is 0 Å². The molecule has 1 unspecified atom stereocenters. The summed E-state index contributed by atoms with van der Waals surface area (Å²) in [4.78, 5) is 23.9. The lowest BCUT2D eigenvalue weighted by Crippen LogP contribution is -2.51. The molecule has 2 N–H and O–H groups in total. The number of carboxylic acid groups (broad SMARTS) is 1. The SMILES string of the molecule is CCN(C(=O)NC(C)(C)C)C(C)CC(=O)O. The highest BCUT2D eigenvalue weighted by molar-refractivity contribution is 5.76. The van der Waals surface area contributed by atoms with Gasteiger partial charge in [-0.25, -0.2) is 4.79 Å². The molecule has 0 saturated carbocycles. The molecule has 5 heteroatoms.